The summed E-state index contributed by atoms with van der Waals surface area (Å²) in [5.74, 6) is 0.847. The van der Waals surface area contributed by atoms with Crippen molar-refractivity contribution in [1.29, 1.82) is 0 Å². The summed E-state index contributed by atoms with van der Waals surface area (Å²) in [6, 6.07) is 0.553. The summed E-state index contributed by atoms with van der Waals surface area (Å²) in [5.41, 5.74) is 0. The van der Waals surface area contributed by atoms with E-state index >= 15 is 0 Å². The van der Waals surface area contributed by atoms with Gasteiger partial charge < -0.3 is 10.0 Å². The van der Waals surface area contributed by atoms with Crippen molar-refractivity contribution in [3.8, 4) is 0 Å². The molecule has 1 aliphatic heterocycles. The van der Waals surface area contributed by atoms with Crippen molar-refractivity contribution in [2.45, 2.75) is 18.9 Å². The van der Waals surface area contributed by atoms with Crippen LogP contribution in [0.5, 0.6) is 0 Å². The molecule has 2 aliphatic rings. The van der Waals surface area contributed by atoms with Gasteiger partial charge >= 0.3 is 5.97 Å². The lowest BCUT2D eigenvalue weighted by Gasteiger charge is -2.24. The van der Waals surface area contributed by atoms with Crippen LogP contribution in [0.25, 0.3) is 0 Å². The summed E-state index contributed by atoms with van der Waals surface area (Å²) in [6.07, 6.45) is 2.69. The Kier molecular flexibility index (Phi) is 2.98. The highest BCUT2D eigenvalue weighted by molar-refractivity contribution is 5.69. The van der Waals surface area contributed by atoms with Gasteiger partial charge in [0.2, 0.25) is 0 Å². The molecule has 15 heavy (non-hydrogen) atoms. The van der Waals surface area contributed by atoms with E-state index in [0.29, 0.717) is 12.0 Å². The molecule has 0 amide bonds. The van der Waals surface area contributed by atoms with E-state index in [9.17, 15) is 4.79 Å². The van der Waals surface area contributed by atoms with Gasteiger partial charge in [0.15, 0.2) is 0 Å². The Labute approximate surface area is 90.9 Å². The minimum absolute atomic E-state index is 0.202. The minimum atomic E-state index is -0.705. The van der Waals surface area contributed by atoms with Crippen molar-refractivity contribution >= 4 is 5.97 Å². The largest absolute Gasteiger partial charge is 0.480 e. The molecule has 0 aromatic carbocycles. The lowest BCUT2D eigenvalue weighted by Crippen LogP contribution is -2.36. The van der Waals surface area contributed by atoms with E-state index in [1.54, 1.807) is 0 Å². The maximum absolute atomic E-state index is 10.7. The fraction of sp³-hybridized carbons (Fsp3) is 0.909. The number of rotatable bonds is 4. The van der Waals surface area contributed by atoms with Gasteiger partial charge in [-0.2, -0.15) is 0 Å². The molecule has 0 aromatic rings. The maximum atomic E-state index is 10.7. The van der Waals surface area contributed by atoms with Crippen molar-refractivity contribution in [3.63, 3.8) is 0 Å². The molecule has 1 saturated carbocycles. The van der Waals surface area contributed by atoms with Gasteiger partial charge in [0.25, 0.3) is 0 Å². The molecule has 4 nitrogen and oxygen atoms in total. The van der Waals surface area contributed by atoms with E-state index in [1.807, 2.05) is 0 Å². The third kappa shape index (κ3) is 2.49. The molecule has 86 valence electrons. The molecule has 2 atom stereocenters. The highest BCUT2D eigenvalue weighted by atomic mass is 16.4. The minimum Gasteiger partial charge on any atom is -0.480 e. The zero-order valence-electron chi connectivity index (χ0n) is 9.52. The quantitative estimate of drug-likeness (QED) is 0.730. The molecular weight excluding hydrogens is 192 g/mol. The average molecular weight is 212 g/mol. The van der Waals surface area contributed by atoms with Crippen LogP contribution in [-0.4, -0.2) is 60.6 Å². The summed E-state index contributed by atoms with van der Waals surface area (Å²) in [4.78, 5) is 15.0. The van der Waals surface area contributed by atoms with E-state index in [1.165, 1.54) is 12.8 Å². The van der Waals surface area contributed by atoms with Crippen molar-refractivity contribution in [2.75, 3.05) is 33.7 Å². The molecular formula is C11H20N2O2. The van der Waals surface area contributed by atoms with Crippen LogP contribution in [0.3, 0.4) is 0 Å². The average Bonchev–Trinajstić information content (AvgIpc) is 2.87. The van der Waals surface area contributed by atoms with E-state index in [4.69, 9.17) is 5.11 Å². The molecule has 0 radical (unpaired) electrons. The topological polar surface area (TPSA) is 43.8 Å². The molecule has 2 fully saturated rings. The molecule has 1 N–H and O–H groups in total. The summed E-state index contributed by atoms with van der Waals surface area (Å²) in [5, 5.41) is 8.78. The molecule has 0 bridgehead atoms. The second-order valence-electron chi connectivity index (χ2n) is 5.12. The lowest BCUT2D eigenvalue weighted by molar-refractivity contribution is -0.138. The Hall–Kier alpha value is -0.610. The van der Waals surface area contributed by atoms with Crippen molar-refractivity contribution in [1.82, 2.24) is 9.80 Å². The maximum Gasteiger partial charge on any atom is 0.317 e. The first kappa shape index (κ1) is 10.9. The van der Waals surface area contributed by atoms with Gasteiger partial charge in [-0.3, -0.25) is 9.69 Å². The van der Waals surface area contributed by atoms with E-state index < -0.39 is 5.97 Å². The number of nitrogens with zero attached hydrogens (tertiary/aromatic N) is 2. The number of hydrogen-bond acceptors (Lipinski definition) is 3. The van der Waals surface area contributed by atoms with Crippen LogP contribution in [0.4, 0.5) is 0 Å². The van der Waals surface area contributed by atoms with Gasteiger partial charge in [-0.25, -0.2) is 0 Å². The Morgan fingerprint density at radius 2 is 2.07 bits per heavy atom. The van der Waals surface area contributed by atoms with E-state index in [0.717, 1.165) is 19.0 Å². The highest BCUT2D eigenvalue weighted by Gasteiger charge is 2.43. The fourth-order valence-corrected chi connectivity index (χ4v) is 2.75. The number of likely N-dealkylation sites (tertiary alicyclic amines) is 1. The van der Waals surface area contributed by atoms with Gasteiger partial charge in [-0.05, 0) is 38.8 Å². The Balaban J connectivity index is 1.95. The molecule has 2 rings (SSSR count). The first-order chi connectivity index (χ1) is 7.08. The van der Waals surface area contributed by atoms with Gasteiger partial charge in [-0.1, -0.05) is 0 Å². The smallest absolute Gasteiger partial charge is 0.317 e. The number of carboxylic acid groups (broad SMARTS) is 1. The molecule has 1 saturated heterocycles. The SMILES string of the molecule is CN(C)[C@@H]1CN(CC(=O)O)C[C@H]1C1CC1. The summed E-state index contributed by atoms with van der Waals surface area (Å²) < 4.78 is 0. The lowest BCUT2D eigenvalue weighted by atomic mass is 9.97. The third-order valence-corrected chi connectivity index (χ3v) is 3.66. The van der Waals surface area contributed by atoms with Crippen LogP contribution in [0, 0.1) is 11.8 Å². The Morgan fingerprint density at radius 1 is 1.40 bits per heavy atom. The van der Waals surface area contributed by atoms with Crippen molar-refractivity contribution < 1.29 is 9.90 Å². The number of likely N-dealkylation sites (N-methyl/N-ethyl adjacent to an activating group) is 1. The Morgan fingerprint density at radius 3 is 2.53 bits per heavy atom. The molecule has 1 heterocycles. The predicted octanol–water partition coefficient (Wildman–Crippen LogP) is 0.343. The molecule has 0 spiro atoms. The van der Waals surface area contributed by atoms with Crippen LogP contribution in [0.15, 0.2) is 0 Å². The molecule has 4 heteroatoms. The standard InChI is InChI=1S/C11H20N2O2/c1-12(2)10-6-13(7-11(14)15)5-9(10)8-3-4-8/h8-10H,3-7H2,1-2H3,(H,14,15)/t9-,10+/m0/s1. The first-order valence-corrected chi connectivity index (χ1v) is 5.68. The number of carboxylic acids is 1. The monoisotopic (exact) mass is 212 g/mol. The van der Waals surface area contributed by atoms with Gasteiger partial charge in [0, 0.05) is 19.1 Å². The molecule has 0 aromatic heterocycles. The van der Waals surface area contributed by atoms with Crippen LogP contribution < -0.4 is 0 Å². The number of aliphatic carboxylic acids is 1. The van der Waals surface area contributed by atoms with Gasteiger partial charge in [0.05, 0.1) is 6.54 Å². The third-order valence-electron chi connectivity index (χ3n) is 3.66. The number of carbonyl (C=O) groups is 1. The van der Waals surface area contributed by atoms with Crippen molar-refractivity contribution in [2.24, 2.45) is 11.8 Å². The van der Waals surface area contributed by atoms with Gasteiger partial charge in [0.1, 0.15) is 0 Å². The molecule has 1 aliphatic carbocycles. The molecule has 0 unspecified atom stereocenters. The normalized spacial score (nSPS) is 32.5. The van der Waals surface area contributed by atoms with Gasteiger partial charge in [-0.15, -0.1) is 0 Å². The summed E-state index contributed by atoms with van der Waals surface area (Å²) in [6.45, 7) is 2.09. The van der Waals surface area contributed by atoms with Crippen LogP contribution in [0.2, 0.25) is 0 Å². The first-order valence-electron chi connectivity index (χ1n) is 5.68. The van der Waals surface area contributed by atoms with Crippen LogP contribution in [-0.2, 0) is 4.79 Å². The Bertz CT molecular complexity index is 241. The van der Waals surface area contributed by atoms with E-state index in [2.05, 4.69) is 23.9 Å². The van der Waals surface area contributed by atoms with Crippen LogP contribution >= 0.6 is 0 Å². The predicted molar refractivity (Wildman–Crippen MR) is 57.8 cm³/mol. The highest BCUT2D eigenvalue weighted by Crippen LogP contribution is 2.42. The van der Waals surface area contributed by atoms with E-state index in [-0.39, 0.29) is 6.54 Å². The number of hydrogen-bond donors (Lipinski definition) is 1. The second-order valence-corrected chi connectivity index (χ2v) is 5.12. The summed E-state index contributed by atoms with van der Waals surface area (Å²) >= 11 is 0. The zero-order chi connectivity index (χ0) is 11.0. The zero-order valence-corrected chi connectivity index (χ0v) is 9.52. The van der Waals surface area contributed by atoms with Crippen LogP contribution in [0.1, 0.15) is 12.8 Å². The van der Waals surface area contributed by atoms with Crippen molar-refractivity contribution in [3.05, 3.63) is 0 Å². The fourth-order valence-electron chi connectivity index (χ4n) is 2.75. The second kappa shape index (κ2) is 4.10. The summed E-state index contributed by atoms with van der Waals surface area (Å²) in [7, 11) is 4.20.